The lowest BCUT2D eigenvalue weighted by atomic mass is 9.68. The lowest BCUT2D eigenvalue weighted by molar-refractivity contribution is -0.122. The number of ether oxygens (including phenoxy) is 1. The van der Waals surface area contributed by atoms with E-state index in [2.05, 4.69) is 12.2 Å². The van der Waals surface area contributed by atoms with Gasteiger partial charge in [-0.15, -0.1) is 0 Å². The van der Waals surface area contributed by atoms with Crippen LogP contribution in [0.2, 0.25) is 0 Å². The highest BCUT2D eigenvalue weighted by Gasteiger charge is 2.41. The summed E-state index contributed by atoms with van der Waals surface area (Å²) in [6, 6.07) is 13.9. The Morgan fingerprint density at radius 2 is 1.70 bits per heavy atom. The maximum Gasteiger partial charge on any atom is 0.235 e. The van der Waals surface area contributed by atoms with Crippen molar-refractivity contribution in [1.29, 1.82) is 0 Å². The highest BCUT2D eigenvalue weighted by molar-refractivity contribution is 5.99. The van der Waals surface area contributed by atoms with Crippen LogP contribution >= 0.6 is 0 Å². The maximum absolute atomic E-state index is 13.4. The molecule has 1 saturated carbocycles. The summed E-state index contributed by atoms with van der Waals surface area (Å²) in [7, 11) is 0. The van der Waals surface area contributed by atoms with Gasteiger partial charge in [-0.3, -0.25) is 4.79 Å². The molecule has 1 aliphatic carbocycles. The van der Waals surface area contributed by atoms with Crippen molar-refractivity contribution in [3.8, 4) is 5.75 Å². The summed E-state index contributed by atoms with van der Waals surface area (Å²) in [4.78, 5) is 13.2. The van der Waals surface area contributed by atoms with Gasteiger partial charge in [0, 0.05) is 5.69 Å². The number of anilines is 1. The maximum atomic E-state index is 13.4. The number of nitrogens with one attached hydrogen (secondary N) is 1. The molecule has 27 heavy (non-hydrogen) atoms. The zero-order chi connectivity index (χ0) is 19.3. The Bertz CT molecular complexity index is 749. The van der Waals surface area contributed by atoms with E-state index in [0.29, 0.717) is 0 Å². The zero-order valence-electron chi connectivity index (χ0n) is 16.1. The van der Waals surface area contributed by atoms with Gasteiger partial charge in [-0.05, 0) is 68.1 Å². The van der Waals surface area contributed by atoms with E-state index < -0.39 is 5.41 Å². The minimum Gasteiger partial charge on any atom is -0.491 e. The normalized spacial score (nSPS) is 17.1. The van der Waals surface area contributed by atoms with Crippen LogP contribution in [0.3, 0.4) is 0 Å². The van der Waals surface area contributed by atoms with E-state index in [1.54, 1.807) is 12.1 Å². The highest BCUT2D eigenvalue weighted by Crippen LogP contribution is 2.40. The molecule has 0 spiro atoms. The molecule has 144 valence electrons. The van der Waals surface area contributed by atoms with Crippen LogP contribution in [0.1, 0.15) is 57.9 Å². The summed E-state index contributed by atoms with van der Waals surface area (Å²) in [5.41, 5.74) is 1.07. The smallest absolute Gasteiger partial charge is 0.235 e. The molecule has 0 aromatic heterocycles. The Morgan fingerprint density at radius 3 is 2.30 bits per heavy atom. The molecule has 0 saturated heterocycles. The third-order valence-electron chi connectivity index (χ3n) is 5.56. The van der Waals surface area contributed by atoms with Gasteiger partial charge in [0.15, 0.2) is 0 Å². The molecule has 0 bridgehead atoms. The molecule has 3 rings (SSSR count). The second-order valence-corrected chi connectivity index (χ2v) is 7.46. The number of amides is 1. The lowest BCUT2D eigenvalue weighted by Crippen LogP contribution is -2.42. The average molecular weight is 369 g/mol. The largest absolute Gasteiger partial charge is 0.491 e. The molecule has 2 aromatic carbocycles. The molecule has 0 heterocycles. The van der Waals surface area contributed by atoms with E-state index in [0.717, 1.165) is 55.5 Å². The molecular formula is C23H28FNO2. The number of carbonyl (C=O) groups is 1. The Labute approximate surface area is 160 Å². The molecule has 1 N–H and O–H groups in total. The van der Waals surface area contributed by atoms with Crippen LogP contribution in [0.5, 0.6) is 5.75 Å². The van der Waals surface area contributed by atoms with E-state index in [9.17, 15) is 9.18 Å². The fourth-order valence-corrected chi connectivity index (χ4v) is 3.75. The standard InChI is InChI=1S/C23H28FNO2/c1-3-17(2)27-21-13-11-20(12-14-21)25-22(26)23(15-5-4-6-16-23)18-7-9-19(24)10-8-18/h7-14,17H,3-6,15-16H2,1-2H3,(H,25,26)/t17-/m0/s1. The first-order chi connectivity index (χ1) is 13.0. The number of hydrogen-bond acceptors (Lipinski definition) is 2. The first-order valence-electron chi connectivity index (χ1n) is 9.88. The van der Waals surface area contributed by atoms with Crippen molar-refractivity contribution in [1.82, 2.24) is 0 Å². The summed E-state index contributed by atoms with van der Waals surface area (Å²) in [5.74, 6) is 0.514. The van der Waals surface area contributed by atoms with Crippen LogP contribution in [0.4, 0.5) is 10.1 Å². The van der Waals surface area contributed by atoms with E-state index in [1.807, 2.05) is 31.2 Å². The number of halogens is 1. The predicted molar refractivity (Wildman–Crippen MR) is 107 cm³/mol. The fraction of sp³-hybridized carbons (Fsp3) is 0.435. The van der Waals surface area contributed by atoms with Crippen LogP contribution in [0.25, 0.3) is 0 Å². The van der Waals surface area contributed by atoms with Gasteiger partial charge in [0.1, 0.15) is 11.6 Å². The van der Waals surface area contributed by atoms with Crippen LogP contribution in [0, 0.1) is 5.82 Å². The van der Waals surface area contributed by atoms with Gasteiger partial charge in [-0.25, -0.2) is 4.39 Å². The summed E-state index contributed by atoms with van der Waals surface area (Å²) >= 11 is 0. The average Bonchev–Trinajstić information content (AvgIpc) is 2.70. The van der Waals surface area contributed by atoms with Crippen LogP contribution in [-0.2, 0) is 10.2 Å². The molecule has 1 amide bonds. The minimum absolute atomic E-state index is 0.00981. The molecule has 4 heteroatoms. The van der Waals surface area contributed by atoms with Crippen molar-refractivity contribution in [3.63, 3.8) is 0 Å². The third-order valence-corrected chi connectivity index (χ3v) is 5.56. The van der Waals surface area contributed by atoms with Crippen molar-refractivity contribution < 1.29 is 13.9 Å². The Kier molecular flexibility index (Phi) is 6.15. The van der Waals surface area contributed by atoms with E-state index >= 15 is 0 Å². The van der Waals surface area contributed by atoms with Crippen molar-refractivity contribution in [3.05, 3.63) is 59.9 Å². The van der Waals surface area contributed by atoms with Gasteiger partial charge < -0.3 is 10.1 Å². The molecule has 0 aliphatic heterocycles. The molecule has 3 nitrogen and oxygen atoms in total. The monoisotopic (exact) mass is 369 g/mol. The van der Waals surface area contributed by atoms with E-state index in [-0.39, 0.29) is 17.8 Å². The molecule has 1 aliphatic rings. The topological polar surface area (TPSA) is 38.3 Å². The second kappa shape index (κ2) is 8.55. The first kappa shape index (κ1) is 19.4. The lowest BCUT2D eigenvalue weighted by Gasteiger charge is -2.36. The SMILES string of the molecule is CC[C@H](C)Oc1ccc(NC(=O)C2(c3ccc(F)cc3)CCCCC2)cc1. The molecule has 1 fully saturated rings. The first-order valence-corrected chi connectivity index (χ1v) is 9.88. The van der Waals surface area contributed by atoms with E-state index in [1.165, 1.54) is 12.1 Å². The van der Waals surface area contributed by atoms with Gasteiger partial charge in [0.25, 0.3) is 0 Å². The van der Waals surface area contributed by atoms with Crippen molar-refractivity contribution in [2.24, 2.45) is 0 Å². The fourth-order valence-electron chi connectivity index (χ4n) is 3.75. The van der Waals surface area contributed by atoms with Gasteiger partial charge in [0.05, 0.1) is 11.5 Å². The highest BCUT2D eigenvalue weighted by atomic mass is 19.1. The molecule has 1 atom stereocenters. The minimum atomic E-state index is -0.585. The number of hydrogen-bond donors (Lipinski definition) is 1. The van der Waals surface area contributed by atoms with Gasteiger partial charge in [-0.2, -0.15) is 0 Å². The van der Waals surface area contributed by atoms with Crippen molar-refractivity contribution in [2.45, 2.75) is 63.9 Å². The Hall–Kier alpha value is -2.36. The predicted octanol–water partition coefficient (Wildman–Crippen LogP) is 5.84. The number of carbonyl (C=O) groups excluding carboxylic acids is 1. The van der Waals surface area contributed by atoms with Crippen molar-refractivity contribution >= 4 is 11.6 Å². The second-order valence-electron chi connectivity index (χ2n) is 7.46. The van der Waals surface area contributed by atoms with Gasteiger partial charge in [-0.1, -0.05) is 38.3 Å². The molecule has 2 aromatic rings. The van der Waals surface area contributed by atoms with Gasteiger partial charge >= 0.3 is 0 Å². The summed E-state index contributed by atoms with van der Waals surface area (Å²) in [6.45, 7) is 4.11. The van der Waals surface area contributed by atoms with Crippen LogP contribution in [0.15, 0.2) is 48.5 Å². The summed E-state index contributed by atoms with van der Waals surface area (Å²) in [6.07, 6.45) is 5.84. The Balaban J connectivity index is 1.78. The number of benzene rings is 2. The summed E-state index contributed by atoms with van der Waals surface area (Å²) < 4.78 is 19.2. The molecule has 0 radical (unpaired) electrons. The number of rotatable bonds is 6. The van der Waals surface area contributed by atoms with E-state index in [4.69, 9.17) is 4.74 Å². The molecule has 0 unspecified atom stereocenters. The van der Waals surface area contributed by atoms with Gasteiger partial charge in [0.2, 0.25) is 5.91 Å². The Morgan fingerprint density at radius 1 is 1.07 bits per heavy atom. The zero-order valence-corrected chi connectivity index (χ0v) is 16.1. The molecular weight excluding hydrogens is 341 g/mol. The third kappa shape index (κ3) is 4.49. The quantitative estimate of drug-likeness (QED) is 0.694. The van der Waals surface area contributed by atoms with Crippen molar-refractivity contribution in [2.75, 3.05) is 5.32 Å². The van der Waals surface area contributed by atoms with Crippen LogP contribution < -0.4 is 10.1 Å². The summed E-state index contributed by atoms with van der Waals surface area (Å²) in [5, 5.41) is 3.07. The van der Waals surface area contributed by atoms with Crippen LogP contribution in [-0.4, -0.2) is 12.0 Å².